The van der Waals surface area contributed by atoms with Gasteiger partial charge in [-0.15, -0.1) is 0 Å². The number of hydrogen-bond acceptors (Lipinski definition) is 3. The SMILES string of the molecule is O=C(NCc1ccc(-n2ccnc2)cc1)c1ccc(CN2CCCC2)cc1. The summed E-state index contributed by atoms with van der Waals surface area (Å²) in [5.74, 6) is -0.0404. The number of nitrogens with one attached hydrogen (secondary N) is 1. The van der Waals surface area contributed by atoms with Crippen molar-refractivity contribution in [1.82, 2.24) is 19.8 Å². The van der Waals surface area contributed by atoms with E-state index in [1.54, 1.807) is 12.5 Å². The Morgan fingerprint density at radius 3 is 2.33 bits per heavy atom. The fraction of sp³-hybridized carbons (Fsp3) is 0.273. The number of carbonyl (C=O) groups is 1. The third kappa shape index (κ3) is 4.44. The van der Waals surface area contributed by atoms with Crippen molar-refractivity contribution in [2.75, 3.05) is 13.1 Å². The van der Waals surface area contributed by atoms with Crippen molar-refractivity contribution in [1.29, 1.82) is 0 Å². The van der Waals surface area contributed by atoms with Crippen LogP contribution in [0, 0.1) is 0 Å². The van der Waals surface area contributed by atoms with Crippen LogP contribution in [0.1, 0.15) is 34.3 Å². The van der Waals surface area contributed by atoms with Gasteiger partial charge in [-0.25, -0.2) is 4.98 Å². The van der Waals surface area contributed by atoms with Crippen LogP contribution in [0.5, 0.6) is 0 Å². The number of imidazole rings is 1. The van der Waals surface area contributed by atoms with Gasteiger partial charge >= 0.3 is 0 Å². The van der Waals surface area contributed by atoms with Crippen LogP contribution in [0.15, 0.2) is 67.3 Å². The lowest BCUT2D eigenvalue weighted by molar-refractivity contribution is 0.0951. The molecular weight excluding hydrogens is 336 g/mol. The molecule has 0 spiro atoms. The molecule has 1 aromatic heterocycles. The Labute approximate surface area is 159 Å². The van der Waals surface area contributed by atoms with Crippen LogP contribution in [0.3, 0.4) is 0 Å². The zero-order chi connectivity index (χ0) is 18.5. The average Bonchev–Trinajstić information content (AvgIpc) is 3.41. The molecule has 0 aliphatic carbocycles. The molecule has 4 rings (SSSR count). The first-order chi connectivity index (χ1) is 13.3. The third-order valence-corrected chi connectivity index (χ3v) is 5.01. The smallest absolute Gasteiger partial charge is 0.251 e. The summed E-state index contributed by atoms with van der Waals surface area (Å²) in [6.07, 6.45) is 8.02. The molecular formula is C22H24N4O. The largest absolute Gasteiger partial charge is 0.348 e. The number of benzene rings is 2. The predicted molar refractivity (Wildman–Crippen MR) is 106 cm³/mol. The van der Waals surface area contributed by atoms with Gasteiger partial charge in [-0.3, -0.25) is 9.69 Å². The number of rotatable bonds is 6. The van der Waals surface area contributed by atoms with Crippen molar-refractivity contribution in [2.24, 2.45) is 0 Å². The molecule has 2 aromatic carbocycles. The third-order valence-electron chi connectivity index (χ3n) is 5.01. The van der Waals surface area contributed by atoms with E-state index in [-0.39, 0.29) is 5.91 Å². The average molecular weight is 360 g/mol. The molecule has 138 valence electrons. The maximum atomic E-state index is 12.4. The quantitative estimate of drug-likeness (QED) is 0.733. The first kappa shape index (κ1) is 17.5. The van der Waals surface area contributed by atoms with Crippen LogP contribution in [-0.4, -0.2) is 33.4 Å². The Balaban J connectivity index is 1.31. The van der Waals surface area contributed by atoms with E-state index in [1.165, 1.54) is 31.5 Å². The van der Waals surface area contributed by atoms with Crippen molar-refractivity contribution >= 4 is 5.91 Å². The Hall–Kier alpha value is -2.92. The number of hydrogen-bond donors (Lipinski definition) is 1. The van der Waals surface area contributed by atoms with E-state index in [0.717, 1.165) is 17.8 Å². The van der Waals surface area contributed by atoms with Crippen molar-refractivity contribution in [2.45, 2.75) is 25.9 Å². The fourth-order valence-electron chi connectivity index (χ4n) is 3.44. The van der Waals surface area contributed by atoms with Crippen LogP contribution in [-0.2, 0) is 13.1 Å². The topological polar surface area (TPSA) is 50.2 Å². The van der Waals surface area contributed by atoms with Crippen molar-refractivity contribution in [3.05, 3.63) is 83.9 Å². The molecule has 0 unspecified atom stereocenters. The fourth-order valence-corrected chi connectivity index (χ4v) is 3.44. The van der Waals surface area contributed by atoms with Crippen LogP contribution >= 0.6 is 0 Å². The molecule has 0 bridgehead atoms. The normalized spacial score (nSPS) is 14.4. The van der Waals surface area contributed by atoms with E-state index in [9.17, 15) is 4.79 Å². The zero-order valence-corrected chi connectivity index (χ0v) is 15.3. The first-order valence-electron chi connectivity index (χ1n) is 9.45. The minimum Gasteiger partial charge on any atom is -0.348 e. The van der Waals surface area contributed by atoms with Gasteiger partial charge < -0.3 is 9.88 Å². The van der Waals surface area contributed by atoms with Gasteiger partial charge in [0.15, 0.2) is 0 Å². The van der Waals surface area contributed by atoms with E-state index in [1.807, 2.05) is 47.2 Å². The molecule has 1 amide bonds. The summed E-state index contributed by atoms with van der Waals surface area (Å²) in [7, 11) is 0. The minimum atomic E-state index is -0.0404. The molecule has 0 radical (unpaired) electrons. The second kappa shape index (κ2) is 8.18. The second-order valence-electron chi connectivity index (χ2n) is 7.00. The van der Waals surface area contributed by atoms with E-state index >= 15 is 0 Å². The number of carbonyl (C=O) groups excluding carboxylic acids is 1. The summed E-state index contributed by atoms with van der Waals surface area (Å²) in [5.41, 5.74) is 4.09. The van der Waals surface area contributed by atoms with Crippen LogP contribution < -0.4 is 5.32 Å². The maximum Gasteiger partial charge on any atom is 0.251 e. The van der Waals surface area contributed by atoms with Gasteiger partial charge in [0.05, 0.1) is 6.33 Å². The summed E-state index contributed by atoms with van der Waals surface area (Å²) < 4.78 is 1.95. The molecule has 0 atom stereocenters. The van der Waals surface area contributed by atoms with Crippen LogP contribution in [0.25, 0.3) is 5.69 Å². The Morgan fingerprint density at radius 2 is 1.67 bits per heavy atom. The summed E-state index contributed by atoms with van der Waals surface area (Å²) in [6, 6.07) is 16.1. The molecule has 1 aliphatic heterocycles. The molecule has 1 fully saturated rings. The molecule has 1 saturated heterocycles. The summed E-state index contributed by atoms with van der Waals surface area (Å²) >= 11 is 0. The lowest BCUT2D eigenvalue weighted by Gasteiger charge is -2.14. The van der Waals surface area contributed by atoms with Gasteiger partial charge in [-0.2, -0.15) is 0 Å². The van der Waals surface area contributed by atoms with E-state index in [4.69, 9.17) is 0 Å². The zero-order valence-electron chi connectivity index (χ0n) is 15.3. The van der Waals surface area contributed by atoms with E-state index in [0.29, 0.717) is 12.1 Å². The Morgan fingerprint density at radius 1 is 0.963 bits per heavy atom. The lowest BCUT2D eigenvalue weighted by Crippen LogP contribution is -2.23. The molecule has 1 N–H and O–H groups in total. The number of nitrogens with zero attached hydrogens (tertiary/aromatic N) is 3. The van der Waals surface area contributed by atoms with Gasteiger partial charge in [0, 0.05) is 36.7 Å². The van der Waals surface area contributed by atoms with Gasteiger partial charge in [-0.05, 0) is 61.3 Å². The number of amides is 1. The first-order valence-corrected chi connectivity index (χ1v) is 9.45. The molecule has 5 nitrogen and oxygen atoms in total. The Kier molecular flexibility index (Phi) is 5.30. The highest BCUT2D eigenvalue weighted by Gasteiger charge is 2.12. The maximum absolute atomic E-state index is 12.4. The molecule has 0 saturated carbocycles. The van der Waals surface area contributed by atoms with E-state index in [2.05, 4.69) is 27.3 Å². The lowest BCUT2D eigenvalue weighted by atomic mass is 10.1. The van der Waals surface area contributed by atoms with Gasteiger partial charge in [0.1, 0.15) is 0 Å². The standard InChI is InChI=1S/C22H24N4O/c27-22(20-7-3-19(4-8-20)16-25-12-1-2-13-25)24-15-18-5-9-21(10-6-18)26-14-11-23-17-26/h3-11,14,17H,1-2,12-13,15-16H2,(H,24,27). The molecule has 27 heavy (non-hydrogen) atoms. The molecule has 2 heterocycles. The predicted octanol–water partition coefficient (Wildman–Crippen LogP) is 3.40. The number of aromatic nitrogens is 2. The molecule has 5 heteroatoms. The van der Waals surface area contributed by atoms with Crippen molar-refractivity contribution in [3.8, 4) is 5.69 Å². The van der Waals surface area contributed by atoms with Crippen molar-refractivity contribution < 1.29 is 4.79 Å². The highest BCUT2D eigenvalue weighted by Crippen LogP contribution is 2.14. The van der Waals surface area contributed by atoms with Crippen LogP contribution in [0.4, 0.5) is 0 Å². The van der Waals surface area contributed by atoms with Crippen LogP contribution in [0.2, 0.25) is 0 Å². The summed E-state index contributed by atoms with van der Waals surface area (Å²) in [4.78, 5) is 18.9. The minimum absolute atomic E-state index is 0.0404. The van der Waals surface area contributed by atoms with Gasteiger partial charge in [-0.1, -0.05) is 24.3 Å². The summed E-state index contributed by atoms with van der Waals surface area (Å²) in [5, 5.41) is 2.99. The van der Waals surface area contributed by atoms with Crippen molar-refractivity contribution in [3.63, 3.8) is 0 Å². The van der Waals surface area contributed by atoms with Gasteiger partial charge in [0.2, 0.25) is 0 Å². The van der Waals surface area contributed by atoms with E-state index < -0.39 is 0 Å². The summed E-state index contributed by atoms with van der Waals surface area (Å²) in [6.45, 7) is 3.85. The molecule has 3 aromatic rings. The highest BCUT2D eigenvalue weighted by molar-refractivity contribution is 5.94. The number of likely N-dealkylation sites (tertiary alicyclic amines) is 1. The molecule has 1 aliphatic rings. The van der Waals surface area contributed by atoms with Gasteiger partial charge in [0.25, 0.3) is 5.91 Å². The Bertz CT molecular complexity index is 864. The highest BCUT2D eigenvalue weighted by atomic mass is 16.1. The monoisotopic (exact) mass is 360 g/mol. The second-order valence-corrected chi connectivity index (χ2v) is 7.00.